The molecule has 0 aliphatic carbocycles. The second-order valence-corrected chi connectivity index (χ2v) is 7.35. The van der Waals surface area contributed by atoms with Crippen LogP contribution in [0.3, 0.4) is 0 Å². The molecule has 1 fully saturated rings. The second-order valence-electron chi connectivity index (χ2n) is 7.35. The standard InChI is InChI=1S/C24H25N5O2/c1-2-22(30)27-13-15-28(16-14-27)23(31)11-10-20-18-29(21-8-4-3-5-9-21)26-24(20)19-7-6-12-25-17-19/h3-12,17-18H,2,13-16H2,1H3/b11-10+. The highest BCUT2D eigenvalue weighted by Crippen LogP contribution is 2.24. The van der Waals surface area contributed by atoms with Gasteiger partial charge in [-0.25, -0.2) is 4.68 Å². The number of hydrogen-bond acceptors (Lipinski definition) is 4. The predicted molar refractivity (Wildman–Crippen MR) is 119 cm³/mol. The molecule has 2 amide bonds. The highest BCUT2D eigenvalue weighted by Gasteiger charge is 2.22. The average Bonchev–Trinajstić information content (AvgIpc) is 3.27. The van der Waals surface area contributed by atoms with Gasteiger partial charge in [-0.15, -0.1) is 0 Å². The van der Waals surface area contributed by atoms with Gasteiger partial charge in [-0.2, -0.15) is 5.10 Å². The van der Waals surface area contributed by atoms with Crippen LogP contribution in [0.2, 0.25) is 0 Å². The van der Waals surface area contributed by atoms with Gasteiger partial charge in [0.2, 0.25) is 11.8 Å². The Balaban J connectivity index is 1.54. The van der Waals surface area contributed by atoms with Crippen molar-refractivity contribution in [3.63, 3.8) is 0 Å². The van der Waals surface area contributed by atoms with Gasteiger partial charge in [0.1, 0.15) is 5.69 Å². The molecule has 0 saturated carbocycles. The van der Waals surface area contributed by atoms with Gasteiger partial charge >= 0.3 is 0 Å². The molecular formula is C24H25N5O2. The van der Waals surface area contributed by atoms with Crippen molar-refractivity contribution in [1.82, 2.24) is 24.6 Å². The Bertz CT molecular complexity index is 1070. The van der Waals surface area contributed by atoms with Gasteiger partial charge in [-0.05, 0) is 30.3 Å². The highest BCUT2D eigenvalue weighted by molar-refractivity contribution is 5.93. The summed E-state index contributed by atoms with van der Waals surface area (Å²) < 4.78 is 1.81. The van der Waals surface area contributed by atoms with Crippen LogP contribution in [0.25, 0.3) is 23.0 Å². The van der Waals surface area contributed by atoms with Crippen molar-refractivity contribution >= 4 is 17.9 Å². The molecule has 0 bridgehead atoms. The molecule has 3 aromatic rings. The van der Waals surface area contributed by atoms with Crippen molar-refractivity contribution in [2.75, 3.05) is 26.2 Å². The monoisotopic (exact) mass is 415 g/mol. The lowest BCUT2D eigenvalue weighted by Gasteiger charge is -2.34. The first-order valence-corrected chi connectivity index (χ1v) is 10.5. The van der Waals surface area contributed by atoms with Gasteiger partial charge < -0.3 is 9.80 Å². The fourth-order valence-corrected chi connectivity index (χ4v) is 3.62. The van der Waals surface area contributed by atoms with E-state index >= 15 is 0 Å². The number of amides is 2. The maximum atomic E-state index is 12.7. The highest BCUT2D eigenvalue weighted by atomic mass is 16.2. The number of pyridine rings is 1. The maximum absolute atomic E-state index is 12.7. The summed E-state index contributed by atoms with van der Waals surface area (Å²) in [5.74, 6) is 0.0743. The Hall–Kier alpha value is -3.74. The van der Waals surface area contributed by atoms with Crippen molar-refractivity contribution in [1.29, 1.82) is 0 Å². The number of nitrogens with zero attached hydrogens (tertiary/aromatic N) is 5. The Morgan fingerprint density at radius 1 is 1.00 bits per heavy atom. The lowest BCUT2D eigenvalue weighted by molar-refractivity contribution is -0.136. The Morgan fingerprint density at radius 3 is 2.42 bits per heavy atom. The molecule has 0 unspecified atom stereocenters. The largest absolute Gasteiger partial charge is 0.339 e. The molecule has 4 rings (SSSR count). The van der Waals surface area contributed by atoms with E-state index in [0.29, 0.717) is 32.6 Å². The first-order chi connectivity index (χ1) is 15.2. The quantitative estimate of drug-likeness (QED) is 0.601. The van der Waals surface area contributed by atoms with Gasteiger partial charge in [0.05, 0.1) is 5.69 Å². The Labute approximate surface area is 181 Å². The third-order valence-electron chi connectivity index (χ3n) is 5.35. The molecule has 1 aromatic carbocycles. The number of benzene rings is 1. The summed E-state index contributed by atoms with van der Waals surface area (Å²) in [5, 5.41) is 4.74. The number of hydrogen-bond donors (Lipinski definition) is 0. The molecule has 0 atom stereocenters. The summed E-state index contributed by atoms with van der Waals surface area (Å²) in [5.41, 5.74) is 3.43. The van der Waals surface area contributed by atoms with Gasteiger partial charge in [-0.1, -0.05) is 25.1 Å². The predicted octanol–water partition coefficient (Wildman–Crippen LogP) is 3.03. The van der Waals surface area contributed by atoms with Crippen LogP contribution in [0.5, 0.6) is 0 Å². The number of piperazine rings is 1. The number of para-hydroxylation sites is 1. The molecule has 3 heterocycles. The summed E-state index contributed by atoms with van der Waals surface area (Å²) in [7, 11) is 0. The first kappa shape index (κ1) is 20.5. The summed E-state index contributed by atoms with van der Waals surface area (Å²) in [6, 6.07) is 13.7. The lowest BCUT2D eigenvalue weighted by atomic mass is 10.1. The van der Waals surface area contributed by atoms with Crippen LogP contribution < -0.4 is 0 Å². The van der Waals surface area contributed by atoms with E-state index in [1.165, 1.54) is 0 Å². The second kappa shape index (κ2) is 9.38. The van der Waals surface area contributed by atoms with Crippen LogP contribution in [0, 0.1) is 0 Å². The van der Waals surface area contributed by atoms with Gasteiger partial charge in [-0.3, -0.25) is 14.6 Å². The van der Waals surface area contributed by atoms with Crippen molar-refractivity contribution < 1.29 is 9.59 Å². The molecule has 0 N–H and O–H groups in total. The zero-order valence-corrected chi connectivity index (χ0v) is 17.5. The van der Waals surface area contributed by atoms with Crippen LogP contribution in [-0.2, 0) is 9.59 Å². The van der Waals surface area contributed by atoms with Crippen LogP contribution in [0.4, 0.5) is 0 Å². The molecule has 0 spiro atoms. The molecule has 7 nitrogen and oxygen atoms in total. The van der Waals surface area contributed by atoms with Crippen LogP contribution in [0.15, 0.2) is 67.1 Å². The molecule has 31 heavy (non-hydrogen) atoms. The minimum Gasteiger partial charge on any atom is -0.339 e. The van der Waals surface area contributed by atoms with Crippen LogP contribution >= 0.6 is 0 Å². The number of carbonyl (C=O) groups excluding carboxylic acids is 2. The molecule has 7 heteroatoms. The van der Waals surface area contributed by atoms with Gasteiger partial charge in [0, 0.05) is 68.4 Å². The zero-order valence-electron chi connectivity index (χ0n) is 17.5. The summed E-state index contributed by atoms with van der Waals surface area (Å²) in [4.78, 5) is 32.4. The lowest BCUT2D eigenvalue weighted by Crippen LogP contribution is -2.50. The summed E-state index contributed by atoms with van der Waals surface area (Å²) in [6.07, 6.45) is 9.29. The smallest absolute Gasteiger partial charge is 0.246 e. The van der Waals surface area contributed by atoms with E-state index < -0.39 is 0 Å². The van der Waals surface area contributed by atoms with E-state index in [-0.39, 0.29) is 11.8 Å². The third kappa shape index (κ3) is 4.71. The van der Waals surface area contributed by atoms with E-state index in [1.54, 1.807) is 29.4 Å². The van der Waals surface area contributed by atoms with Gasteiger partial charge in [0.25, 0.3) is 0 Å². The zero-order chi connectivity index (χ0) is 21.6. The van der Waals surface area contributed by atoms with Gasteiger partial charge in [0.15, 0.2) is 0 Å². The SMILES string of the molecule is CCC(=O)N1CCN(C(=O)/C=C/c2cn(-c3ccccc3)nc2-c2cccnc2)CC1. The van der Waals surface area contributed by atoms with Crippen LogP contribution in [-0.4, -0.2) is 62.6 Å². The van der Waals surface area contributed by atoms with E-state index in [9.17, 15) is 9.59 Å². The molecule has 2 aromatic heterocycles. The molecule has 1 aliphatic heterocycles. The average molecular weight is 415 g/mol. The number of rotatable bonds is 5. The molecule has 1 saturated heterocycles. The fourth-order valence-electron chi connectivity index (χ4n) is 3.62. The molecular weight excluding hydrogens is 390 g/mol. The van der Waals surface area contributed by atoms with Crippen molar-refractivity contribution in [2.45, 2.75) is 13.3 Å². The minimum atomic E-state index is -0.0619. The normalized spacial score (nSPS) is 14.2. The van der Waals surface area contributed by atoms with Crippen LogP contribution in [0.1, 0.15) is 18.9 Å². The van der Waals surface area contributed by atoms with Crippen molar-refractivity contribution in [2.24, 2.45) is 0 Å². The van der Waals surface area contributed by atoms with Crippen molar-refractivity contribution in [3.05, 3.63) is 72.7 Å². The van der Waals surface area contributed by atoms with Crippen molar-refractivity contribution in [3.8, 4) is 16.9 Å². The third-order valence-corrected chi connectivity index (χ3v) is 5.35. The minimum absolute atomic E-state index is 0.0619. The molecule has 1 aliphatic rings. The molecule has 0 radical (unpaired) electrons. The van der Waals surface area contributed by atoms with E-state index in [0.717, 1.165) is 22.5 Å². The van der Waals surface area contributed by atoms with E-state index in [4.69, 9.17) is 5.10 Å². The summed E-state index contributed by atoms with van der Waals surface area (Å²) >= 11 is 0. The summed E-state index contributed by atoms with van der Waals surface area (Å²) in [6.45, 7) is 4.12. The first-order valence-electron chi connectivity index (χ1n) is 10.5. The Morgan fingerprint density at radius 2 is 1.74 bits per heavy atom. The number of aromatic nitrogens is 3. The molecule has 158 valence electrons. The maximum Gasteiger partial charge on any atom is 0.246 e. The fraction of sp³-hybridized carbons (Fsp3) is 0.250. The number of carbonyl (C=O) groups is 2. The Kier molecular flexibility index (Phi) is 6.21. The topological polar surface area (TPSA) is 71.3 Å². The van der Waals surface area contributed by atoms with E-state index in [2.05, 4.69) is 4.98 Å². The van der Waals surface area contributed by atoms with E-state index in [1.807, 2.05) is 65.2 Å².